The second kappa shape index (κ2) is 7.85. The van der Waals surface area contributed by atoms with Crippen molar-refractivity contribution in [2.75, 3.05) is 13.7 Å². The van der Waals surface area contributed by atoms with Gasteiger partial charge in [-0.1, -0.05) is 18.2 Å². The van der Waals surface area contributed by atoms with Gasteiger partial charge in [0.1, 0.15) is 5.75 Å². The van der Waals surface area contributed by atoms with E-state index < -0.39 is 6.10 Å². The molecular formula is C18H23NO4. The van der Waals surface area contributed by atoms with Crippen LogP contribution in [0.4, 0.5) is 0 Å². The first-order valence-electron chi connectivity index (χ1n) is 7.56. The number of aromatic hydroxyl groups is 2. The van der Waals surface area contributed by atoms with E-state index in [1.165, 1.54) is 17.7 Å². The highest BCUT2D eigenvalue weighted by atomic mass is 16.5. The summed E-state index contributed by atoms with van der Waals surface area (Å²) in [5.74, 6) is 0.409. The highest BCUT2D eigenvalue weighted by molar-refractivity contribution is 5.41. The van der Waals surface area contributed by atoms with E-state index in [9.17, 15) is 15.3 Å². The van der Waals surface area contributed by atoms with Gasteiger partial charge in [-0.3, -0.25) is 0 Å². The van der Waals surface area contributed by atoms with Crippen molar-refractivity contribution in [2.24, 2.45) is 0 Å². The van der Waals surface area contributed by atoms with E-state index in [1.54, 1.807) is 13.2 Å². The molecule has 2 atom stereocenters. The molecular weight excluding hydrogens is 294 g/mol. The van der Waals surface area contributed by atoms with E-state index >= 15 is 0 Å². The molecule has 0 fully saturated rings. The highest BCUT2D eigenvalue weighted by Gasteiger charge is 2.12. The summed E-state index contributed by atoms with van der Waals surface area (Å²) in [7, 11) is 1.64. The van der Waals surface area contributed by atoms with Crippen LogP contribution in [0.2, 0.25) is 0 Å². The molecule has 5 heteroatoms. The fourth-order valence-electron chi connectivity index (χ4n) is 2.37. The molecule has 2 aromatic carbocycles. The standard InChI is InChI=1S/C18H23NO4/c1-12(9-13-3-6-15(23-2)7-4-13)19-11-18(22)14-5-8-16(20)17(21)10-14/h3-8,10,12,18-22H,9,11H2,1-2H3/t12-,18-/m1/s1. The molecule has 0 heterocycles. The van der Waals surface area contributed by atoms with E-state index in [0.717, 1.165) is 12.2 Å². The number of benzene rings is 2. The molecule has 0 radical (unpaired) electrons. The largest absolute Gasteiger partial charge is 0.504 e. The van der Waals surface area contributed by atoms with Crippen LogP contribution in [0.5, 0.6) is 17.2 Å². The van der Waals surface area contributed by atoms with Gasteiger partial charge in [0, 0.05) is 12.6 Å². The monoisotopic (exact) mass is 317 g/mol. The molecule has 0 amide bonds. The zero-order chi connectivity index (χ0) is 16.8. The summed E-state index contributed by atoms with van der Waals surface area (Å²) in [4.78, 5) is 0. The fraction of sp³-hybridized carbons (Fsp3) is 0.333. The van der Waals surface area contributed by atoms with E-state index in [4.69, 9.17) is 4.74 Å². The number of methoxy groups -OCH3 is 1. The molecule has 0 spiro atoms. The van der Waals surface area contributed by atoms with Crippen molar-refractivity contribution in [3.63, 3.8) is 0 Å². The van der Waals surface area contributed by atoms with Crippen LogP contribution in [0, 0.1) is 0 Å². The van der Waals surface area contributed by atoms with Gasteiger partial charge in [0.05, 0.1) is 13.2 Å². The Morgan fingerprint density at radius 1 is 1.04 bits per heavy atom. The number of hydrogen-bond donors (Lipinski definition) is 4. The molecule has 2 aromatic rings. The van der Waals surface area contributed by atoms with Gasteiger partial charge in [-0.2, -0.15) is 0 Å². The fourth-order valence-corrected chi connectivity index (χ4v) is 2.37. The van der Waals surface area contributed by atoms with Crippen molar-refractivity contribution in [1.82, 2.24) is 5.32 Å². The first-order valence-corrected chi connectivity index (χ1v) is 7.56. The number of aliphatic hydroxyl groups excluding tert-OH is 1. The molecule has 0 bridgehead atoms. The zero-order valence-electron chi connectivity index (χ0n) is 13.4. The predicted molar refractivity (Wildman–Crippen MR) is 88.9 cm³/mol. The Labute approximate surface area is 136 Å². The van der Waals surface area contributed by atoms with Crippen LogP contribution in [-0.4, -0.2) is 35.0 Å². The molecule has 0 saturated heterocycles. The smallest absolute Gasteiger partial charge is 0.157 e. The van der Waals surface area contributed by atoms with Crippen molar-refractivity contribution in [3.05, 3.63) is 53.6 Å². The third kappa shape index (κ3) is 4.87. The Balaban J connectivity index is 1.85. The van der Waals surface area contributed by atoms with E-state index in [0.29, 0.717) is 12.1 Å². The molecule has 0 unspecified atom stereocenters. The SMILES string of the molecule is COc1ccc(C[C@@H](C)NC[C@@H](O)c2ccc(O)c(O)c2)cc1. The van der Waals surface area contributed by atoms with Crippen molar-refractivity contribution in [2.45, 2.75) is 25.5 Å². The lowest BCUT2D eigenvalue weighted by Crippen LogP contribution is -2.32. The second-order valence-corrected chi connectivity index (χ2v) is 5.63. The number of aliphatic hydroxyl groups is 1. The minimum Gasteiger partial charge on any atom is -0.504 e. The van der Waals surface area contributed by atoms with Crippen LogP contribution in [0.15, 0.2) is 42.5 Å². The molecule has 2 rings (SSSR count). The molecule has 23 heavy (non-hydrogen) atoms. The lowest BCUT2D eigenvalue weighted by molar-refractivity contribution is 0.170. The Hall–Kier alpha value is -2.24. The van der Waals surface area contributed by atoms with Crippen molar-refractivity contribution in [1.29, 1.82) is 0 Å². The predicted octanol–water partition coefficient (Wildman–Crippen LogP) is 2.36. The summed E-state index contributed by atoms with van der Waals surface area (Å²) in [6.07, 6.45) is 0.0807. The summed E-state index contributed by atoms with van der Waals surface area (Å²) in [6.45, 7) is 2.41. The summed E-state index contributed by atoms with van der Waals surface area (Å²) in [5, 5.41) is 32.2. The summed E-state index contributed by atoms with van der Waals surface area (Å²) in [6, 6.07) is 12.4. The number of phenols is 2. The van der Waals surface area contributed by atoms with Crippen LogP contribution in [-0.2, 0) is 6.42 Å². The van der Waals surface area contributed by atoms with Gasteiger partial charge in [-0.15, -0.1) is 0 Å². The van der Waals surface area contributed by atoms with Gasteiger partial charge in [0.2, 0.25) is 0 Å². The van der Waals surface area contributed by atoms with E-state index in [2.05, 4.69) is 5.32 Å². The average Bonchev–Trinajstić information content (AvgIpc) is 2.56. The normalized spacial score (nSPS) is 13.5. The molecule has 0 aromatic heterocycles. The number of rotatable bonds is 7. The van der Waals surface area contributed by atoms with Crippen LogP contribution in [0.1, 0.15) is 24.2 Å². The maximum atomic E-state index is 10.1. The number of ether oxygens (including phenoxy) is 1. The molecule has 0 aliphatic carbocycles. The summed E-state index contributed by atoms with van der Waals surface area (Å²) < 4.78 is 5.13. The van der Waals surface area contributed by atoms with Crippen LogP contribution < -0.4 is 10.1 Å². The van der Waals surface area contributed by atoms with Crippen LogP contribution >= 0.6 is 0 Å². The molecule has 5 nitrogen and oxygen atoms in total. The van der Waals surface area contributed by atoms with Crippen molar-refractivity contribution >= 4 is 0 Å². The Morgan fingerprint density at radius 2 is 1.74 bits per heavy atom. The lowest BCUT2D eigenvalue weighted by atomic mass is 10.1. The number of hydrogen-bond acceptors (Lipinski definition) is 5. The topological polar surface area (TPSA) is 82.0 Å². The maximum Gasteiger partial charge on any atom is 0.157 e. The average molecular weight is 317 g/mol. The molecule has 124 valence electrons. The Kier molecular flexibility index (Phi) is 5.84. The summed E-state index contributed by atoms with van der Waals surface area (Å²) in [5.41, 5.74) is 1.74. The minimum absolute atomic E-state index is 0.184. The van der Waals surface area contributed by atoms with Crippen LogP contribution in [0.3, 0.4) is 0 Å². The van der Waals surface area contributed by atoms with E-state index in [-0.39, 0.29) is 17.5 Å². The minimum atomic E-state index is -0.750. The third-order valence-corrected chi connectivity index (χ3v) is 3.74. The van der Waals surface area contributed by atoms with Gasteiger partial charge in [-0.25, -0.2) is 0 Å². The Bertz CT molecular complexity index is 627. The van der Waals surface area contributed by atoms with Gasteiger partial charge in [0.15, 0.2) is 11.5 Å². The van der Waals surface area contributed by atoms with E-state index in [1.807, 2.05) is 31.2 Å². The molecule has 0 saturated carbocycles. The maximum absolute atomic E-state index is 10.1. The lowest BCUT2D eigenvalue weighted by Gasteiger charge is -2.18. The third-order valence-electron chi connectivity index (χ3n) is 3.74. The van der Waals surface area contributed by atoms with Crippen molar-refractivity contribution < 1.29 is 20.1 Å². The zero-order valence-corrected chi connectivity index (χ0v) is 13.4. The number of phenolic OH excluding ortho intramolecular Hbond substituents is 2. The summed E-state index contributed by atoms with van der Waals surface area (Å²) >= 11 is 0. The highest BCUT2D eigenvalue weighted by Crippen LogP contribution is 2.27. The first-order chi connectivity index (χ1) is 11.0. The molecule has 4 N–H and O–H groups in total. The molecule has 0 aliphatic rings. The van der Waals surface area contributed by atoms with Crippen molar-refractivity contribution in [3.8, 4) is 17.2 Å². The number of nitrogens with one attached hydrogen (secondary N) is 1. The first kappa shape index (κ1) is 17.1. The second-order valence-electron chi connectivity index (χ2n) is 5.63. The van der Waals surface area contributed by atoms with Gasteiger partial charge < -0.3 is 25.4 Å². The van der Waals surface area contributed by atoms with Gasteiger partial charge in [-0.05, 0) is 48.7 Å². The Morgan fingerprint density at radius 3 is 2.35 bits per heavy atom. The molecule has 0 aliphatic heterocycles. The quantitative estimate of drug-likeness (QED) is 0.589. The van der Waals surface area contributed by atoms with Gasteiger partial charge in [0.25, 0.3) is 0 Å². The van der Waals surface area contributed by atoms with Gasteiger partial charge >= 0.3 is 0 Å². The van der Waals surface area contributed by atoms with Crippen LogP contribution in [0.25, 0.3) is 0 Å².